The lowest BCUT2D eigenvalue weighted by Crippen LogP contribution is -2.45. The minimum atomic E-state index is -0.368. The van der Waals surface area contributed by atoms with Gasteiger partial charge >= 0.3 is 0 Å². The Labute approximate surface area is 117 Å². The van der Waals surface area contributed by atoms with E-state index in [0.29, 0.717) is 13.0 Å². The summed E-state index contributed by atoms with van der Waals surface area (Å²) < 4.78 is 0.983. The van der Waals surface area contributed by atoms with E-state index in [9.17, 15) is 4.79 Å². The Bertz CT molecular complexity index is 377. The summed E-state index contributed by atoms with van der Waals surface area (Å²) in [6, 6.07) is 7.72. The fourth-order valence-corrected chi connectivity index (χ4v) is 1.67. The van der Waals surface area contributed by atoms with Gasteiger partial charge in [0.1, 0.15) is 0 Å². The third-order valence-corrected chi connectivity index (χ3v) is 2.49. The molecule has 1 aromatic carbocycles. The first-order valence-electron chi connectivity index (χ1n) is 5.17. The third-order valence-electron chi connectivity index (χ3n) is 1.99. The van der Waals surface area contributed by atoms with Crippen molar-refractivity contribution < 1.29 is 4.79 Å². The van der Waals surface area contributed by atoms with Crippen molar-refractivity contribution in [3.8, 4) is 0 Å². The molecule has 3 N–H and O–H groups in total. The molecule has 0 saturated carbocycles. The predicted molar refractivity (Wildman–Crippen MR) is 76.4 cm³/mol. The number of rotatable bonds is 4. The Kier molecular flexibility index (Phi) is 6.75. The highest BCUT2D eigenvalue weighted by Crippen LogP contribution is 2.11. The van der Waals surface area contributed by atoms with Gasteiger partial charge in [-0.1, -0.05) is 28.1 Å². The monoisotopic (exact) mass is 320 g/mol. The normalized spacial score (nSPS) is 10.6. The van der Waals surface area contributed by atoms with Gasteiger partial charge in [0, 0.05) is 16.6 Å². The van der Waals surface area contributed by atoms with Crippen LogP contribution in [0, 0.1) is 0 Å². The molecule has 17 heavy (non-hydrogen) atoms. The summed E-state index contributed by atoms with van der Waals surface area (Å²) in [5.41, 5.74) is 6.40. The van der Waals surface area contributed by atoms with Crippen LogP contribution in [0.25, 0.3) is 0 Å². The second-order valence-corrected chi connectivity index (χ2v) is 5.49. The van der Waals surface area contributed by atoms with Gasteiger partial charge in [-0.25, -0.2) is 0 Å². The number of nitrogens with two attached hydrogens (primary N) is 1. The second-order valence-electron chi connectivity index (χ2n) is 4.57. The highest BCUT2D eigenvalue weighted by atomic mass is 79.9. The number of hydrogen-bond acceptors (Lipinski definition) is 2. The van der Waals surface area contributed by atoms with Crippen molar-refractivity contribution in [3.63, 3.8) is 0 Å². The Morgan fingerprint density at radius 3 is 2.65 bits per heavy atom. The van der Waals surface area contributed by atoms with Gasteiger partial charge in [-0.3, -0.25) is 4.79 Å². The van der Waals surface area contributed by atoms with Crippen LogP contribution in [0.3, 0.4) is 0 Å². The van der Waals surface area contributed by atoms with Crippen molar-refractivity contribution in [2.24, 2.45) is 5.73 Å². The summed E-state index contributed by atoms with van der Waals surface area (Å²) in [5.74, 6) is -0.00312. The van der Waals surface area contributed by atoms with Crippen LogP contribution in [0.5, 0.6) is 0 Å². The molecule has 1 amide bonds. The summed E-state index contributed by atoms with van der Waals surface area (Å²) >= 11 is 3.37. The lowest BCUT2D eigenvalue weighted by molar-refractivity contribution is -0.120. The van der Waals surface area contributed by atoms with Crippen LogP contribution >= 0.6 is 28.3 Å². The second kappa shape index (κ2) is 6.99. The van der Waals surface area contributed by atoms with Crippen molar-refractivity contribution >= 4 is 34.2 Å². The van der Waals surface area contributed by atoms with Gasteiger partial charge in [0.15, 0.2) is 0 Å². The van der Waals surface area contributed by atoms with E-state index in [1.807, 2.05) is 38.1 Å². The van der Waals surface area contributed by atoms with Gasteiger partial charge < -0.3 is 11.1 Å². The van der Waals surface area contributed by atoms with Crippen LogP contribution in [-0.2, 0) is 11.2 Å². The lowest BCUT2D eigenvalue weighted by Gasteiger charge is -2.18. The summed E-state index contributed by atoms with van der Waals surface area (Å²) in [4.78, 5) is 11.6. The summed E-state index contributed by atoms with van der Waals surface area (Å²) in [6.45, 7) is 4.25. The van der Waals surface area contributed by atoms with E-state index >= 15 is 0 Å². The molecule has 0 aromatic heterocycles. The minimum absolute atomic E-state index is 0. The molecule has 96 valence electrons. The zero-order valence-corrected chi connectivity index (χ0v) is 12.4. The van der Waals surface area contributed by atoms with Gasteiger partial charge in [-0.15, -0.1) is 12.4 Å². The number of nitrogens with one attached hydrogen (secondary N) is 1. The number of halogens is 2. The van der Waals surface area contributed by atoms with Gasteiger partial charge in [-0.2, -0.15) is 0 Å². The maximum atomic E-state index is 11.6. The van der Waals surface area contributed by atoms with E-state index in [1.54, 1.807) is 0 Å². The van der Waals surface area contributed by atoms with Crippen molar-refractivity contribution in [2.75, 3.05) is 6.54 Å². The third kappa shape index (κ3) is 7.36. The zero-order valence-electron chi connectivity index (χ0n) is 10.00. The van der Waals surface area contributed by atoms with Crippen LogP contribution < -0.4 is 11.1 Å². The van der Waals surface area contributed by atoms with Crippen LogP contribution in [0.1, 0.15) is 19.4 Å². The van der Waals surface area contributed by atoms with Crippen LogP contribution in [0.4, 0.5) is 0 Å². The molecular weight excluding hydrogens is 304 g/mol. The number of carbonyl (C=O) groups excluding carboxylic acids is 1. The van der Waals surface area contributed by atoms with E-state index in [1.165, 1.54) is 0 Å². The first kappa shape index (κ1) is 16.4. The van der Waals surface area contributed by atoms with Crippen molar-refractivity contribution in [2.45, 2.75) is 25.8 Å². The first-order chi connectivity index (χ1) is 7.37. The van der Waals surface area contributed by atoms with E-state index in [0.717, 1.165) is 10.0 Å². The Morgan fingerprint density at radius 2 is 2.12 bits per heavy atom. The highest BCUT2D eigenvalue weighted by molar-refractivity contribution is 9.10. The van der Waals surface area contributed by atoms with Gasteiger partial charge in [-0.05, 0) is 31.5 Å². The summed E-state index contributed by atoms with van der Waals surface area (Å²) in [6.07, 6.45) is 0.384. The van der Waals surface area contributed by atoms with Crippen molar-refractivity contribution in [1.29, 1.82) is 0 Å². The fraction of sp³-hybridized carbons (Fsp3) is 0.417. The van der Waals surface area contributed by atoms with E-state index < -0.39 is 0 Å². The van der Waals surface area contributed by atoms with Crippen LogP contribution in [-0.4, -0.2) is 18.0 Å². The molecular formula is C12H18BrClN2O. The molecule has 0 bridgehead atoms. The smallest absolute Gasteiger partial charge is 0.224 e. The minimum Gasteiger partial charge on any atom is -0.354 e. The molecule has 0 aliphatic carbocycles. The molecule has 0 spiro atoms. The molecule has 0 unspecified atom stereocenters. The Morgan fingerprint density at radius 1 is 1.47 bits per heavy atom. The summed E-state index contributed by atoms with van der Waals surface area (Å²) in [7, 11) is 0. The van der Waals surface area contributed by atoms with Crippen molar-refractivity contribution in [1.82, 2.24) is 5.32 Å². The van der Waals surface area contributed by atoms with E-state index in [2.05, 4.69) is 21.2 Å². The largest absolute Gasteiger partial charge is 0.354 e. The highest BCUT2D eigenvalue weighted by Gasteiger charge is 2.12. The molecule has 0 atom stereocenters. The molecule has 5 heteroatoms. The van der Waals surface area contributed by atoms with E-state index in [4.69, 9.17) is 5.73 Å². The average Bonchev–Trinajstić information content (AvgIpc) is 2.14. The maximum absolute atomic E-state index is 11.6. The standard InChI is InChI=1S/C12H17BrN2O.ClH/c1-12(2,14)8-15-11(16)7-9-4-3-5-10(13)6-9;/h3-6H,7-8,14H2,1-2H3,(H,15,16);1H. The SMILES string of the molecule is CC(C)(N)CNC(=O)Cc1cccc(Br)c1.Cl. The van der Waals surface area contributed by atoms with Crippen LogP contribution in [0.15, 0.2) is 28.7 Å². The fourth-order valence-electron chi connectivity index (χ4n) is 1.22. The quantitative estimate of drug-likeness (QED) is 0.894. The molecule has 0 radical (unpaired) electrons. The van der Waals surface area contributed by atoms with Gasteiger partial charge in [0.05, 0.1) is 6.42 Å². The van der Waals surface area contributed by atoms with E-state index in [-0.39, 0.29) is 23.9 Å². The Hall–Kier alpha value is -0.580. The first-order valence-corrected chi connectivity index (χ1v) is 5.96. The number of amides is 1. The maximum Gasteiger partial charge on any atom is 0.224 e. The molecule has 0 aliphatic heterocycles. The molecule has 1 rings (SSSR count). The number of carbonyl (C=O) groups is 1. The molecule has 0 heterocycles. The number of hydrogen-bond donors (Lipinski definition) is 2. The topological polar surface area (TPSA) is 55.1 Å². The zero-order chi connectivity index (χ0) is 12.2. The molecule has 1 aromatic rings. The molecule has 0 fully saturated rings. The Balaban J connectivity index is 0.00000256. The molecule has 0 saturated heterocycles. The van der Waals surface area contributed by atoms with Crippen LogP contribution in [0.2, 0.25) is 0 Å². The number of benzene rings is 1. The van der Waals surface area contributed by atoms with Crippen molar-refractivity contribution in [3.05, 3.63) is 34.3 Å². The van der Waals surface area contributed by atoms with Gasteiger partial charge in [0.25, 0.3) is 0 Å². The molecule has 3 nitrogen and oxygen atoms in total. The average molecular weight is 322 g/mol. The molecule has 0 aliphatic rings. The summed E-state index contributed by atoms with van der Waals surface area (Å²) in [5, 5.41) is 2.81. The lowest BCUT2D eigenvalue weighted by atomic mass is 10.1. The predicted octanol–water partition coefficient (Wildman–Crippen LogP) is 2.27. The van der Waals surface area contributed by atoms with Gasteiger partial charge in [0.2, 0.25) is 5.91 Å².